The van der Waals surface area contributed by atoms with E-state index in [9.17, 15) is 14.9 Å². The monoisotopic (exact) mass is 432 g/mol. The first kappa shape index (κ1) is 18.9. The van der Waals surface area contributed by atoms with Gasteiger partial charge < -0.3 is 14.8 Å². The van der Waals surface area contributed by atoms with Gasteiger partial charge >= 0.3 is 5.97 Å². The van der Waals surface area contributed by atoms with Crippen LogP contribution in [-0.4, -0.2) is 25.1 Å². The smallest absolute Gasteiger partial charge is 0.337 e. The number of hydrogen-bond donors (Lipinski definition) is 1. The van der Waals surface area contributed by atoms with E-state index < -0.39 is 22.3 Å². The summed E-state index contributed by atoms with van der Waals surface area (Å²) in [6, 6.07) is 13.9. The van der Waals surface area contributed by atoms with Crippen LogP contribution in [0.4, 0.5) is 0 Å². The lowest BCUT2D eigenvalue weighted by Crippen LogP contribution is -2.49. The second-order valence-electron chi connectivity index (χ2n) is 5.98. The van der Waals surface area contributed by atoms with Gasteiger partial charge in [-0.3, -0.25) is 10.1 Å². The van der Waals surface area contributed by atoms with Gasteiger partial charge in [-0.05, 0) is 35.4 Å². The van der Waals surface area contributed by atoms with Crippen molar-refractivity contribution in [2.45, 2.75) is 11.5 Å². The van der Waals surface area contributed by atoms with E-state index in [4.69, 9.17) is 9.47 Å². The quantitative estimate of drug-likeness (QED) is 0.442. The zero-order chi connectivity index (χ0) is 19.6. The van der Waals surface area contributed by atoms with Crippen molar-refractivity contribution in [1.29, 1.82) is 0 Å². The lowest BCUT2D eigenvalue weighted by Gasteiger charge is -2.33. The Morgan fingerprint density at radius 2 is 1.78 bits per heavy atom. The average Bonchev–Trinajstić information content (AvgIpc) is 3.10. The second kappa shape index (κ2) is 7.40. The number of carbonyl (C=O) groups excluding carboxylic acids is 1. The minimum Gasteiger partial charge on any atom is -0.497 e. The summed E-state index contributed by atoms with van der Waals surface area (Å²) in [5, 5.41) is 14.6. The number of nitrogens with one attached hydrogen (secondary N) is 1. The van der Waals surface area contributed by atoms with E-state index in [2.05, 4.69) is 21.2 Å². The van der Waals surface area contributed by atoms with Crippen LogP contribution in [0.15, 0.2) is 64.9 Å². The van der Waals surface area contributed by atoms with Gasteiger partial charge in [0, 0.05) is 4.47 Å². The fraction of sp³-hybridized carbons (Fsp3) is 0.211. The van der Waals surface area contributed by atoms with Crippen molar-refractivity contribution < 1.29 is 19.2 Å². The van der Waals surface area contributed by atoms with Crippen molar-refractivity contribution >= 4 is 21.9 Å². The van der Waals surface area contributed by atoms with Gasteiger partial charge in [0.15, 0.2) is 5.54 Å². The van der Waals surface area contributed by atoms with E-state index in [0.29, 0.717) is 16.9 Å². The Bertz CT molecular complexity index is 895. The lowest BCUT2D eigenvalue weighted by molar-refractivity contribution is -0.430. The summed E-state index contributed by atoms with van der Waals surface area (Å²) in [5.74, 6) is -0.880. The van der Waals surface area contributed by atoms with Gasteiger partial charge in [0.1, 0.15) is 11.7 Å². The first-order valence-electron chi connectivity index (χ1n) is 8.04. The zero-order valence-corrected chi connectivity index (χ0v) is 16.2. The summed E-state index contributed by atoms with van der Waals surface area (Å²) in [6.45, 7) is 0. The maximum Gasteiger partial charge on any atom is 0.337 e. The molecular formula is C19H17BrN2O5. The molecule has 1 heterocycles. The van der Waals surface area contributed by atoms with Gasteiger partial charge in [0.25, 0.3) is 5.70 Å². The molecule has 1 aliphatic rings. The maximum absolute atomic E-state index is 12.9. The number of nitro groups is 1. The van der Waals surface area contributed by atoms with Crippen molar-refractivity contribution in [1.82, 2.24) is 5.32 Å². The molecular weight excluding hydrogens is 416 g/mol. The van der Waals surface area contributed by atoms with E-state index in [1.54, 1.807) is 48.5 Å². The Kier molecular flexibility index (Phi) is 5.18. The third kappa shape index (κ3) is 3.16. The Morgan fingerprint density at radius 1 is 1.15 bits per heavy atom. The van der Waals surface area contributed by atoms with E-state index in [1.165, 1.54) is 20.4 Å². The molecule has 1 N–H and O–H groups in total. The molecule has 140 valence electrons. The molecule has 2 aromatic carbocycles. The fourth-order valence-corrected chi connectivity index (χ4v) is 3.63. The van der Waals surface area contributed by atoms with Crippen LogP contribution >= 0.6 is 15.9 Å². The number of esters is 1. The number of rotatable bonds is 5. The number of ether oxygens (including phenoxy) is 2. The average molecular weight is 433 g/mol. The highest BCUT2D eigenvalue weighted by atomic mass is 79.9. The predicted octanol–water partition coefficient (Wildman–Crippen LogP) is 3.33. The summed E-state index contributed by atoms with van der Waals surface area (Å²) >= 11 is 3.36. The van der Waals surface area contributed by atoms with Crippen molar-refractivity contribution in [3.8, 4) is 5.75 Å². The van der Waals surface area contributed by atoms with Gasteiger partial charge in [-0.15, -0.1) is 0 Å². The van der Waals surface area contributed by atoms with Crippen LogP contribution < -0.4 is 10.1 Å². The predicted molar refractivity (Wildman–Crippen MR) is 102 cm³/mol. The van der Waals surface area contributed by atoms with Crippen molar-refractivity contribution in [2.75, 3.05) is 14.2 Å². The molecule has 0 spiro atoms. The molecule has 7 nitrogen and oxygen atoms in total. The molecule has 0 fully saturated rings. The first-order chi connectivity index (χ1) is 12.9. The summed E-state index contributed by atoms with van der Waals surface area (Å²) in [7, 11) is 2.80. The zero-order valence-electron chi connectivity index (χ0n) is 14.6. The van der Waals surface area contributed by atoms with Gasteiger partial charge in [-0.25, -0.2) is 4.79 Å². The standard InChI is InChI=1S/C19H17BrN2O5/c1-26-15-9-5-13(6-10-15)19(18(23)27-2)17(16(11-21-19)22(24)25)12-3-7-14(20)8-4-12/h3-11,17,21H,1-2H3/t17-,19-/m0/s1. The van der Waals surface area contributed by atoms with Crippen LogP contribution in [0.25, 0.3) is 0 Å². The van der Waals surface area contributed by atoms with E-state index in [1.807, 2.05) is 0 Å². The first-order valence-corrected chi connectivity index (χ1v) is 8.84. The van der Waals surface area contributed by atoms with Crippen LogP contribution in [0.2, 0.25) is 0 Å². The Balaban J connectivity index is 2.22. The highest BCUT2D eigenvalue weighted by Crippen LogP contribution is 2.47. The molecule has 0 aliphatic carbocycles. The van der Waals surface area contributed by atoms with Crippen LogP contribution in [0.1, 0.15) is 17.0 Å². The molecule has 0 amide bonds. The molecule has 0 unspecified atom stereocenters. The molecule has 2 aromatic rings. The SMILES string of the molecule is COC(=O)[C@@]1(c2ccc(OC)cc2)NC=C([N+](=O)[O-])[C@@H]1c1ccc(Br)cc1. The third-order valence-corrected chi connectivity index (χ3v) is 5.17. The van der Waals surface area contributed by atoms with Crippen LogP contribution in [0.5, 0.6) is 5.75 Å². The van der Waals surface area contributed by atoms with Gasteiger partial charge in [-0.1, -0.05) is 40.2 Å². The highest BCUT2D eigenvalue weighted by Gasteiger charge is 2.57. The Labute approximate surface area is 164 Å². The van der Waals surface area contributed by atoms with Crippen molar-refractivity contribution in [3.05, 3.63) is 86.1 Å². The molecule has 0 radical (unpaired) electrons. The molecule has 0 saturated carbocycles. The largest absolute Gasteiger partial charge is 0.497 e. The van der Waals surface area contributed by atoms with E-state index >= 15 is 0 Å². The van der Waals surface area contributed by atoms with Crippen LogP contribution in [0.3, 0.4) is 0 Å². The normalized spacial score (nSPS) is 21.1. The topological polar surface area (TPSA) is 90.7 Å². The van der Waals surface area contributed by atoms with Crippen LogP contribution in [0, 0.1) is 10.1 Å². The van der Waals surface area contributed by atoms with Gasteiger partial charge in [-0.2, -0.15) is 0 Å². The van der Waals surface area contributed by atoms with Crippen molar-refractivity contribution in [2.24, 2.45) is 0 Å². The highest BCUT2D eigenvalue weighted by molar-refractivity contribution is 9.10. The number of carbonyl (C=O) groups is 1. The number of halogens is 1. The van der Waals surface area contributed by atoms with Gasteiger partial charge in [0.2, 0.25) is 0 Å². The Morgan fingerprint density at radius 3 is 2.30 bits per heavy atom. The number of nitrogens with zero attached hydrogens (tertiary/aromatic N) is 1. The summed E-state index contributed by atoms with van der Waals surface area (Å²) in [6.07, 6.45) is 1.27. The molecule has 8 heteroatoms. The maximum atomic E-state index is 12.9. The van der Waals surface area contributed by atoms with E-state index in [0.717, 1.165) is 4.47 Å². The van der Waals surface area contributed by atoms with Crippen molar-refractivity contribution in [3.63, 3.8) is 0 Å². The molecule has 0 saturated heterocycles. The molecule has 1 aliphatic heterocycles. The molecule has 3 rings (SSSR count). The second-order valence-corrected chi connectivity index (χ2v) is 6.90. The van der Waals surface area contributed by atoms with E-state index in [-0.39, 0.29) is 5.70 Å². The Hall–Kier alpha value is -2.87. The third-order valence-electron chi connectivity index (χ3n) is 4.64. The minimum atomic E-state index is -1.46. The van der Waals surface area contributed by atoms with Crippen LogP contribution in [-0.2, 0) is 15.1 Å². The lowest BCUT2D eigenvalue weighted by atomic mass is 9.75. The number of hydrogen-bond acceptors (Lipinski definition) is 6. The molecule has 0 bridgehead atoms. The molecule has 27 heavy (non-hydrogen) atoms. The minimum absolute atomic E-state index is 0.112. The fourth-order valence-electron chi connectivity index (χ4n) is 3.37. The summed E-state index contributed by atoms with van der Waals surface area (Å²) < 4.78 is 11.1. The summed E-state index contributed by atoms with van der Waals surface area (Å²) in [4.78, 5) is 24.1. The van der Waals surface area contributed by atoms with Gasteiger partial charge in [0.05, 0.1) is 25.3 Å². The molecule has 0 aromatic heterocycles. The molecule has 2 atom stereocenters. The number of methoxy groups -OCH3 is 2. The number of benzene rings is 2. The summed E-state index contributed by atoms with van der Waals surface area (Å²) in [5.41, 5.74) is -0.417.